The van der Waals surface area contributed by atoms with Gasteiger partial charge < -0.3 is 19.4 Å². The largest absolute Gasteiger partial charge is 0.586 e. The molecule has 8 nitrogen and oxygen atoms in total. The third-order valence-electron chi connectivity index (χ3n) is 4.76. The number of ether oxygens (including phenoxy) is 2. The Labute approximate surface area is 202 Å². The van der Waals surface area contributed by atoms with Gasteiger partial charge in [-0.3, -0.25) is 0 Å². The molecule has 0 amide bonds. The molecule has 12 heteroatoms. The molecule has 2 aliphatic rings. The van der Waals surface area contributed by atoms with Crippen LogP contribution in [0.25, 0.3) is 11.1 Å². The summed E-state index contributed by atoms with van der Waals surface area (Å²) in [5, 5.41) is 18.7. The third kappa shape index (κ3) is 5.22. The van der Waals surface area contributed by atoms with Gasteiger partial charge in [0, 0.05) is 48.6 Å². The number of thioether (sulfide) groups is 1. The number of nitriles is 2. The van der Waals surface area contributed by atoms with Crippen molar-refractivity contribution in [2.75, 3.05) is 12.3 Å². The minimum atomic E-state index is -3.67. The van der Waals surface area contributed by atoms with E-state index in [-0.39, 0.29) is 11.5 Å². The lowest BCUT2D eigenvalue weighted by Gasteiger charge is -2.16. The molecule has 1 fully saturated rings. The van der Waals surface area contributed by atoms with E-state index in [0.717, 1.165) is 29.6 Å². The number of nitrogens with one attached hydrogen (secondary N) is 1. The van der Waals surface area contributed by atoms with Gasteiger partial charge in [0.2, 0.25) is 6.19 Å². The fraction of sp³-hybridized carbons (Fsp3) is 0.182. The second-order valence-corrected chi connectivity index (χ2v) is 8.40. The Kier molecular flexibility index (Phi) is 6.87. The number of alkyl halides is 2. The zero-order chi connectivity index (χ0) is 24.1. The van der Waals surface area contributed by atoms with E-state index in [2.05, 4.69) is 29.3 Å². The van der Waals surface area contributed by atoms with Crippen molar-refractivity contribution in [2.24, 2.45) is 4.99 Å². The van der Waals surface area contributed by atoms with Crippen molar-refractivity contribution >= 4 is 28.5 Å². The first kappa shape index (κ1) is 23.4. The van der Waals surface area contributed by atoms with Crippen LogP contribution in [0.3, 0.4) is 0 Å². The van der Waals surface area contributed by atoms with Gasteiger partial charge in [-0.05, 0) is 17.7 Å². The molecule has 0 spiro atoms. The van der Waals surface area contributed by atoms with E-state index in [4.69, 9.17) is 22.1 Å². The minimum absolute atomic E-state index is 0.0393. The highest BCUT2D eigenvalue weighted by molar-refractivity contribution is 8.14. The van der Waals surface area contributed by atoms with Gasteiger partial charge in [-0.15, -0.1) is 13.8 Å². The van der Waals surface area contributed by atoms with Gasteiger partial charge in [0.25, 0.3) is 0 Å². The Hall–Kier alpha value is -3.80. The van der Waals surface area contributed by atoms with Crippen molar-refractivity contribution in [3.63, 3.8) is 0 Å². The van der Waals surface area contributed by atoms with Crippen molar-refractivity contribution in [3.8, 4) is 34.9 Å². The molecule has 0 bridgehead atoms. The number of benzene rings is 1. The van der Waals surface area contributed by atoms with E-state index < -0.39 is 6.29 Å². The predicted molar refractivity (Wildman–Crippen MR) is 122 cm³/mol. The Morgan fingerprint density at radius 3 is 2.79 bits per heavy atom. The lowest BCUT2D eigenvalue weighted by molar-refractivity contribution is -0.286. The average Bonchev–Trinajstić information content (AvgIpc) is 3.53. The van der Waals surface area contributed by atoms with Crippen molar-refractivity contribution in [1.82, 2.24) is 14.9 Å². The number of fused-ring (bicyclic) bond motifs is 1. The fourth-order valence-electron chi connectivity index (χ4n) is 3.31. The highest BCUT2D eigenvalue weighted by Crippen LogP contribution is 2.47. The summed E-state index contributed by atoms with van der Waals surface area (Å²) in [7, 11) is 0. The van der Waals surface area contributed by atoms with Crippen molar-refractivity contribution in [1.29, 1.82) is 10.5 Å². The molecular formula is C22H15ClF2N6O2S. The van der Waals surface area contributed by atoms with E-state index in [0.29, 0.717) is 21.8 Å². The van der Waals surface area contributed by atoms with E-state index in [1.165, 1.54) is 12.3 Å². The summed E-state index contributed by atoms with van der Waals surface area (Å²) in [6.07, 6.45) is 2.94. The van der Waals surface area contributed by atoms with Crippen LogP contribution in [0.15, 0.2) is 53.9 Å². The maximum Gasteiger partial charge on any atom is 0.586 e. The number of rotatable bonds is 3. The Morgan fingerprint density at radius 2 is 2.06 bits per heavy atom. The third-order valence-corrected chi connectivity index (χ3v) is 5.97. The average molecular weight is 501 g/mol. The zero-order valence-corrected chi connectivity index (χ0v) is 18.9. The Bertz CT molecular complexity index is 1300. The summed E-state index contributed by atoms with van der Waals surface area (Å²) in [5.74, 6) is 0.878. The van der Waals surface area contributed by atoms with Gasteiger partial charge in [-0.2, -0.15) is 10.5 Å². The van der Waals surface area contributed by atoms with Crippen LogP contribution in [0.1, 0.15) is 11.1 Å². The Balaban J connectivity index is 0.000000162. The van der Waals surface area contributed by atoms with Gasteiger partial charge in [-0.25, -0.2) is 4.98 Å². The number of aromatic amines is 1. The van der Waals surface area contributed by atoms with E-state index in [9.17, 15) is 8.78 Å². The number of para-hydroxylation sites is 1. The first-order valence-electron chi connectivity index (χ1n) is 9.81. The summed E-state index contributed by atoms with van der Waals surface area (Å²) >= 11 is 7.32. The molecule has 0 atom stereocenters. The number of pyridine rings is 1. The first-order valence-corrected chi connectivity index (χ1v) is 11.2. The zero-order valence-electron chi connectivity index (χ0n) is 17.3. The summed E-state index contributed by atoms with van der Waals surface area (Å²) in [6.45, 7) is 1.63. The van der Waals surface area contributed by atoms with Gasteiger partial charge in [-0.1, -0.05) is 41.6 Å². The number of hydrogen-bond donors (Lipinski definition) is 1. The predicted octanol–water partition coefficient (Wildman–Crippen LogP) is 5.00. The number of aromatic nitrogens is 2. The molecule has 1 N–H and O–H groups in total. The normalized spacial score (nSPS) is 16.5. The smallest absolute Gasteiger partial charge is 0.395 e. The minimum Gasteiger partial charge on any atom is -0.395 e. The molecule has 1 saturated heterocycles. The SMILES string of the molecule is N#CN=C1SCCN1Cc1ccc(Cl)nc1.N#Cc1c[nH]cc1-c1cccc2c1OC(F)(F)O2. The summed E-state index contributed by atoms with van der Waals surface area (Å²) in [6, 6.07) is 10.2. The van der Waals surface area contributed by atoms with Crippen molar-refractivity contribution < 1.29 is 18.3 Å². The molecule has 2 aromatic heterocycles. The quantitative estimate of drug-likeness (QED) is 0.398. The van der Waals surface area contributed by atoms with Crippen LogP contribution in [0.5, 0.6) is 11.5 Å². The number of hydrogen-bond acceptors (Lipinski definition) is 7. The molecule has 0 unspecified atom stereocenters. The molecule has 4 heterocycles. The number of nitrogens with zero attached hydrogens (tertiary/aromatic N) is 5. The van der Waals surface area contributed by atoms with Crippen LogP contribution >= 0.6 is 23.4 Å². The number of amidine groups is 1. The molecule has 0 aliphatic carbocycles. The second kappa shape index (κ2) is 10.00. The topological polar surface area (TPSA) is 110 Å². The highest BCUT2D eigenvalue weighted by atomic mass is 35.5. The van der Waals surface area contributed by atoms with E-state index in [1.54, 1.807) is 42.4 Å². The van der Waals surface area contributed by atoms with Crippen LogP contribution in [-0.2, 0) is 6.54 Å². The monoisotopic (exact) mass is 500 g/mol. The van der Waals surface area contributed by atoms with Gasteiger partial charge >= 0.3 is 6.29 Å². The standard InChI is InChI=1S/C12H6F2N2O2.C10H9ClN4S/c13-12(14)17-10-3-1-2-8(11(10)18-12)9-6-16-5-7(9)4-15;11-9-2-1-8(5-13-9)6-15-3-4-16-10(15)14-7-12/h1-3,5-6,16H;1-2,5H,3-4,6H2. The van der Waals surface area contributed by atoms with Gasteiger partial charge in [0.1, 0.15) is 11.2 Å². The second-order valence-electron chi connectivity index (χ2n) is 6.95. The first-order chi connectivity index (χ1) is 16.4. The van der Waals surface area contributed by atoms with Crippen molar-refractivity contribution in [2.45, 2.75) is 12.8 Å². The van der Waals surface area contributed by atoms with Crippen molar-refractivity contribution in [3.05, 3.63) is 65.2 Å². The summed E-state index contributed by atoms with van der Waals surface area (Å²) in [5.41, 5.74) is 2.30. The van der Waals surface area contributed by atoms with Gasteiger partial charge in [0.15, 0.2) is 16.7 Å². The maximum atomic E-state index is 13.0. The fourth-order valence-corrected chi connectivity index (χ4v) is 4.36. The highest BCUT2D eigenvalue weighted by Gasteiger charge is 2.44. The number of H-pyrrole nitrogens is 1. The molecule has 0 radical (unpaired) electrons. The molecule has 34 heavy (non-hydrogen) atoms. The lowest BCUT2D eigenvalue weighted by Crippen LogP contribution is -2.26. The summed E-state index contributed by atoms with van der Waals surface area (Å²) in [4.78, 5) is 12.6. The number of aliphatic imine (C=N–C) groups is 1. The lowest BCUT2D eigenvalue weighted by atomic mass is 10.0. The molecular weight excluding hydrogens is 486 g/mol. The molecule has 172 valence electrons. The van der Waals surface area contributed by atoms with Crippen LogP contribution in [0.2, 0.25) is 5.15 Å². The van der Waals surface area contributed by atoms with Gasteiger partial charge in [0.05, 0.1) is 5.56 Å². The summed E-state index contributed by atoms with van der Waals surface area (Å²) < 4.78 is 34.9. The molecule has 0 saturated carbocycles. The maximum absolute atomic E-state index is 13.0. The van der Waals surface area contributed by atoms with Crippen LogP contribution in [0, 0.1) is 22.8 Å². The van der Waals surface area contributed by atoms with E-state index in [1.807, 2.05) is 18.3 Å². The van der Waals surface area contributed by atoms with Crippen LogP contribution in [-0.4, -0.2) is 38.6 Å². The van der Waals surface area contributed by atoms with E-state index >= 15 is 0 Å². The van der Waals surface area contributed by atoms with Crippen LogP contribution < -0.4 is 9.47 Å². The molecule has 5 rings (SSSR count). The molecule has 1 aromatic carbocycles. The Morgan fingerprint density at radius 1 is 1.21 bits per heavy atom. The molecule has 3 aromatic rings. The number of halogens is 3. The molecule has 2 aliphatic heterocycles. The van der Waals surface area contributed by atoms with Crippen LogP contribution in [0.4, 0.5) is 8.78 Å².